The van der Waals surface area contributed by atoms with Gasteiger partial charge in [-0.3, -0.25) is 4.90 Å². The molecule has 0 amide bonds. The van der Waals surface area contributed by atoms with Crippen LogP contribution in [0.15, 0.2) is 42.5 Å². The summed E-state index contributed by atoms with van der Waals surface area (Å²) in [6.45, 7) is 6.77. The third kappa shape index (κ3) is 4.52. The highest BCUT2D eigenvalue weighted by Gasteiger charge is 2.36. The SMILES string of the molecule is C#Cc1cccc([C@@H]2CN3CCC[C@H]3c3cc(OCCCN4CCCCC4)ccc32)c1. The van der Waals surface area contributed by atoms with E-state index in [1.54, 1.807) is 0 Å². The number of hydrogen-bond donors (Lipinski definition) is 0. The van der Waals surface area contributed by atoms with Crippen LogP contribution in [0.4, 0.5) is 0 Å². The Balaban J connectivity index is 1.31. The second-order valence-electron chi connectivity index (χ2n) is 9.37. The largest absolute Gasteiger partial charge is 0.494 e. The van der Waals surface area contributed by atoms with Gasteiger partial charge in [0.2, 0.25) is 0 Å². The zero-order valence-electron chi connectivity index (χ0n) is 18.6. The van der Waals surface area contributed by atoms with Crippen LogP contribution < -0.4 is 4.74 Å². The molecule has 3 aliphatic heterocycles. The third-order valence-electron chi connectivity index (χ3n) is 7.37. The Hall–Kier alpha value is -2.28. The molecule has 0 radical (unpaired) electrons. The van der Waals surface area contributed by atoms with Crippen LogP contribution in [-0.2, 0) is 0 Å². The minimum absolute atomic E-state index is 0.380. The first-order valence-corrected chi connectivity index (χ1v) is 12.1. The van der Waals surface area contributed by atoms with Crippen molar-refractivity contribution < 1.29 is 4.74 Å². The number of rotatable bonds is 6. The summed E-state index contributed by atoms with van der Waals surface area (Å²) in [5, 5.41) is 0. The maximum atomic E-state index is 6.22. The summed E-state index contributed by atoms with van der Waals surface area (Å²) in [4.78, 5) is 5.25. The minimum atomic E-state index is 0.380. The molecule has 2 aromatic rings. The Kier molecular flexibility index (Phi) is 6.30. The number of likely N-dealkylation sites (tertiary alicyclic amines) is 1. The lowest BCUT2D eigenvalue weighted by Crippen LogP contribution is -2.34. The molecule has 0 spiro atoms. The molecule has 3 nitrogen and oxygen atoms in total. The van der Waals surface area contributed by atoms with E-state index in [4.69, 9.17) is 11.2 Å². The highest BCUT2D eigenvalue weighted by molar-refractivity contribution is 5.48. The lowest BCUT2D eigenvalue weighted by atomic mass is 9.81. The van der Waals surface area contributed by atoms with Gasteiger partial charge in [-0.1, -0.05) is 30.5 Å². The second kappa shape index (κ2) is 9.47. The van der Waals surface area contributed by atoms with Gasteiger partial charge < -0.3 is 9.64 Å². The van der Waals surface area contributed by atoms with Gasteiger partial charge in [0.05, 0.1) is 6.61 Å². The van der Waals surface area contributed by atoms with Gasteiger partial charge in [0.15, 0.2) is 0 Å². The molecule has 2 atom stereocenters. The van der Waals surface area contributed by atoms with E-state index < -0.39 is 0 Å². The average Bonchev–Trinajstić information content (AvgIpc) is 3.31. The number of fused-ring (bicyclic) bond motifs is 3. The molecule has 162 valence electrons. The van der Waals surface area contributed by atoms with Crippen LogP contribution in [0.5, 0.6) is 5.75 Å². The van der Waals surface area contributed by atoms with E-state index in [-0.39, 0.29) is 0 Å². The smallest absolute Gasteiger partial charge is 0.119 e. The normalized spacial score (nSPS) is 23.7. The van der Waals surface area contributed by atoms with Crippen molar-refractivity contribution in [3.05, 3.63) is 64.7 Å². The van der Waals surface area contributed by atoms with Crippen LogP contribution in [0.1, 0.15) is 72.7 Å². The molecule has 3 aliphatic rings. The van der Waals surface area contributed by atoms with Crippen molar-refractivity contribution >= 4 is 0 Å². The van der Waals surface area contributed by atoms with E-state index in [1.165, 1.54) is 68.4 Å². The summed E-state index contributed by atoms with van der Waals surface area (Å²) in [6, 6.07) is 15.9. The molecule has 5 rings (SSSR count). The van der Waals surface area contributed by atoms with E-state index >= 15 is 0 Å². The molecule has 3 heterocycles. The van der Waals surface area contributed by atoms with Gasteiger partial charge in [0.25, 0.3) is 0 Å². The predicted molar refractivity (Wildman–Crippen MR) is 127 cm³/mol. The van der Waals surface area contributed by atoms with Crippen molar-refractivity contribution in [1.29, 1.82) is 0 Å². The summed E-state index contributed by atoms with van der Waals surface area (Å²) in [5.41, 5.74) is 5.22. The van der Waals surface area contributed by atoms with E-state index in [1.807, 2.05) is 6.07 Å². The molecular formula is C28H34N2O. The Morgan fingerprint density at radius 2 is 1.87 bits per heavy atom. The quantitative estimate of drug-likeness (QED) is 0.477. The number of nitrogens with zero attached hydrogens (tertiary/aromatic N) is 2. The Labute approximate surface area is 187 Å². The van der Waals surface area contributed by atoms with Crippen LogP contribution in [-0.4, -0.2) is 49.1 Å². The maximum Gasteiger partial charge on any atom is 0.119 e. The molecule has 0 aliphatic carbocycles. The first-order valence-electron chi connectivity index (χ1n) is 12.1. The second-order valence-corrected chi connectivity index (χ2v) is 9.37. The first kappa shape index (κ1) is 20.6. The fourth-order valence-corrected chi connectivity index (χ4v) is 5.77. The third-order valence-corrected chi connectivity index (χ3v) is 7.37. The Morgan fingerprint density at radius 1 is 0.968 bits per heavy atom. The first-order chi connectivity index (χ1) is 15.3. The summed E-state index contributed by atoms with van der Waals surface area (Å²) >= 11 is 0. The number of ether oxygens (including phenoxy) is 1. The Bertz CT molecular complexity index is 940. The summed E-state index contributed by atoms with van der Waals surface area (Å²) < 4.78 is 6.22. The van der Waals surface area contributed by atoms with Crippen LogP contribution in [0, 0.1) is 12.3 Å². The summed E-state index contributed by atoms with van der Waals surface area (Å²) in [5.74, 6) is 4.21. The van der Waals surface area contributed by atoms with E-state index in [0.29, 0.717) is 12.0 Å². The Morgan fingerprint density at radius 3 is 2.74 bits per heavy atom. The zero-order chi connectivity index (χ0) is 21.0. The number of hydrogen-bond acceptors (Lipinski definition) is 3. The minimum Gasteiger partial charge on any atom is -0.494 e. The van der Waals surface area contributed by atoms with Gasteiger partial charge >= 0.3 is 0 Å². The molecule has 2 fully saturated rings. The fraction of sp³-hybridized carbons (Fsp3) is 0.500. The van der Waals surface area contributed by atoms with Crippen molar-refractivity contribution in [3.8, 4) is 18.1 Å². The predicted octanol–water partition coefficient (Wildman–Crippen LogP) is 5.21. The van der Waals surface area contributed by atoms with Crippen molar-refractivity contribution in [3.63, 3.8) is 0 Å². The van der Waals surface area contributed by atoms with Crippen LogP contribution in [0.2, 0.25) is 0 Å². The van der Waals surface area contributed by atoms with Crippen molar-refractivity contribution in [2.45, 2.75) is 50.5 Å². The van der Waals surface area contributed by atoms with Crippen LogP contribution in [0.3, 0.4) is 0 Å². The highest BCUT2D eigenvalue weighted by Crippen LogP contribution is 2.45. The molecule has 31 heavy (non-hydrogen) atoms. The van der Waals surface area contributed by atoms with Crippen molar-refractivity contribution in [2.24, 2.45) is 0 Å². The van der Waals surface area contributed by atoms with Gasteiger partial charge in [-0.2, -0.15) is 0 Å². The molecule has 2 saturated heterocycles. The summed E-state index contributed by atoms with van der Waals surface area (Å²) in [7, 11) is 0. The van der Waals surface area contributed by atoms with Crippen molar-refractivity contribution in [1.82, 2.24) is 9.80 Å². The number of terminal acetylenes is 1. The topological polar surface area (TPSA) is 15.7 Å². The lowest BCUT2D eigenvalue weighted by molar-refractivity contribution is 0.204. The number of benzene rings is 2. The van der Waals surface area contributed by atoms with Gasteiger partial charge in [-0.05, 0) is 92.7 Å². The van der Waals surface area contributed by atoms with Crippen molar-refractivity contribution in [2.75, 3.05) is 39.3 Å². The molecule has 0 aromatic heterocycles. The number of piperidine rings is 1. The van der Waals surface area contributed by atoms with Crippen LogP contribution >= 0.6 is 0 Å². The fourth-order valence-electron chi connectivity index (χ4n) is 5.77. The molecule has 3 heteroatoms. The molecule has 0 saturated carbocycles. The lowest BCUT2D eigenvalue weighted by Gasteiger charge is -2.38. The van der Waals surface area contributed by atoms with Gasteiger partial charge in [0.1, 0.15) is 5.75 Å². The molecule has 0 unspecified atom stereocenters. The molecule has 0 N–H and O–H groups in total. The van der Waals surface area contributed by atoms with E-state index in [0.717, 1.165) is 37.4 Å². The van der Waals surface area contributed by atoms with E-state index in [2.05, 4.69) is 52.1 Å². The highest BCUT2D eigenvalue weighted by atomic mass is 16.5. The monoisotopic (exact) mass is 414 g/mol. The maximum absolute atomic E-state index is 6.22. The zero-order valence-corrected chi connectivity index (χ0v) is 18.6. The van der Waals surface area contributed by atoms with Crippen LogP contribution in [0.25, 0.3) is 0 Å². The van der Waals surface area contributed by atoms with Gasteiger partial charge in [-0.15, -0.1) is 6.42 Å². The standard InChI is InChI=1S/C28H34N2O/c1-2-22-9-6-10-23(19-22)27-21-30-17-7-11-28(30)26-20-24(12-13-25(26)27)31-18-8-16-29-14-4-3-5-15-29/h1,6,9-10,12-13,19-20,27-28H,3-5,7-8,11,14-18,21H2/t27-,28-/m0/s1. The molecular weight excluding hydrogens is 380 g/mol. The summed E-state index contributed by atoms with van der Waals surface area (Å²) in [6.07, 6.45) is 13.4. The molecule has 0 bridgehead atoms. The van der Waals surface area contributed by atoms with Gasteiger partial charge in [-0.25, -0.2) is 0 Å². The van der Waals surface area contributed by atoms with Gasteiger partial charge in [0, 0.05) is 30.6 Å². The average molecular weight is 415 g/mol. The molecule has 2 aromatic carbocycles. The van der Waals surface area contributed by atoms with E-state index in [9.17, 15) is 0 Å².